The van der Waals surface area contributed by atoms with Crippen LogP contribution in [0.5, 0.6) is 0 Å². The topological polar surface area (TPSA) is 77.0 Å². The zero-order valence-electron chi connectivity index (χ0n) is 31.4. The summed E-state index contributed by atoms with van der Waals surface area (Å²) in [6.07, 6.45) is 0. The molecule has 0 bridgehead atoms. The van der Waals surface area contributed by atoms with Crippen LogP contribution < -0.4 is 5.73 Å². The van der Waals surface area contributed by atoms with Gasteiger partial charge >= 0.3 is 0 Å². The Bertz CT molecular complexity index is 3440. The van der Waals surface area contributed by atoms with Crippen LogP contribution in [0.2, 0.25) is 0 Å². The van der Waals surface area contributed by atoms with Gasteiger partial charge in [-0.15, -0.1) is 0 Å². The molecule has 58 heavy (non-hydrogen) atoms. The molecule has 11 aromatic rings. The molecule has 0 atom stereocenters. The second kappa shape index (κ2) is 13.8. The Hall–Kier alpha value is -7.76. The van der Waals surface area contributed by atoms with Gasteiger partial charge in [0, 0.05) is 27.1 Å². The predicted octanol–water partition coefficient (Wildman–Crippen LogP) is 13.5. The second-order valence-electron chi connectivity index (χ2n) is 14.7. The fourth-order valence-corrected chi connectivity index (χ4v) is 8.38. The SMILES string of the molecule is N/C(=N\C(=N/Cc1ccccc1)c1cccc2c1oc1ccccc12)c1ccc(-c2cccc3oc4cc(-c5ccc6ccccc6c5)ccc4c23)c2ccccc12. The summed E-state index contributed by atoms with van der Waals surface area (Å²) in [5.74, 6) is 0.882. The summed E-state index contributed by atoms with van der Waals surface area (Å²) in [4.78, 5) is 10.2. The fourth-order valence-electron chi connectivity index (χ4n) is 8.38. The summed E-state index contributed by atoms with van der Waals surface area (Å²) in [7, 11) is 0. The van der Waals surface area contributed by atoms with Gasteiger partial charge in [-0.25, -0.2) is 4.99 Å². The third kappa shape index (κ3) is 5.72. The Morgan fingerprint density at radius 2 is 1.16 bits per heavy atom. The Balaban J connectivity index is 1.03. The molecule has 0 unspecified atom stereocenters. The minimum atomic E-state index is 0.371. The number of para-hydroxylation sites is 2. The van der Waals surface area contributed by atoms with E-state index >= 15 is 0 Å². The molecule has 2 N–H and O–H groups in total. The van der Waals surface area contributed by atoms with Crippen LogP contribution in [-0.4, -0.2) is 11.7 Å². The predicted molar refractivity (Wildman–Crippen MR) is 241 cm³/mol. The van der Waals surface area contributed by atoms with Crippen molar-refractivity contribution in [2.75, 3.05) is 0 Å². The maximum absolute atomic E-state index is 7.04. The largest absolute Gasteiger partial charge is 0.456 e. The standard InChI is InChI=1S/C53H35N3O2/c54-52(56-53(55-32-33-12-2-1-3-13-33)46-21-10-20-43-41-18-8-9-22-47(41)58-51(43)46)44-29-28-40(38-16-6-7-17-39(38)44)42-19-11-23-48-50(42)45-27-26-37(31-49(45)57-48)36-25-24-34-14-4-5-15-35(34)30-36/h1-31H,32H2,(H2,54,55,56). The van der Waals surface area contributed by atoms with Crippen molar-refractivity contribution < 1.29 is 8.83 Å². The van der Waals surface area contributed by atoms with Gasteiger partial charge in [0.2, 0.25) is 0 Å². The summed E-state index contributed by atoms with van der Waals surface area (Å²) in [5.41, 5.74) is 17.4. The lowest BCUT2D eigenvalue weighted by Crippen LogP contribution is -2.17. The maximum atomic E-state index is 7.04. The average molecular weight is 746 g/mol. The summed E-state index contributed by atoms with van der Waals surface area (Å²) in [6.45, 7) is 0.440. The van der Waals surface area contributed by atoms with Crippen LogP contribution in [0.25, 0.3) is 87.7 Å². The minimum Gasteiger partial charge on any atom is -0.456 e. The van der Waals surface area contributed by atoms with Crippen molar-refractivity contribution in [1.29, 1.82) is 0 Å². The van der Waals surface area contributed by atoms with Crippen molar-refractivity contribution >= 4 is 77.1 Å². The molecular formula is C53H35N3O2. The van der Waals surface area contributed by atoms with Crippen LogP contribution >= 0.6 is 0 Å². The molecule has 0 saturated carbocycles. The number of fused-ring (bicyclic) bond motifs is 8. The first-order valence-corrected chi connectivity index (χ1v) is 19.5. The van der Waals surface area contributed by atoms with Crippen LogP contribution in [-0.2, 0) is 6.54 Å². The number of benzene rings is 9. The monoisotopic (exact) mass is 745 g/mol. The van der Waals surface area contributed by atoms with Gasteiger partial charge in [-0.05, 0) is 85.8 Å². The molecule has 2 heterocycles. The van der Waals surface area contributed by atoms with Crippen LogP contribution in [0.15, 0.2) is 207 Å². The highest BCUT2D eigenvalue weighted by molar-refractivity contribution is 6.22. The van der Waals surface area contributed by atoms with Gasteiger partial charge in [0.05, 0.1) is 12.1 Å². The number of nitrogens with zero attached hydrogens (tertiary/aromatic N) is 2. The quantitative estimate of drug-likeness (QED) is 0.136. The minimum absolute atomic E-state index is 0.371. The van der Waals surface area contributed by atoms with Crippen LogP contribution in [0.1, 0.15) is 16.7 Å². The lowest BCUT2D eigenvalue weighted by atomic mass is 9.92. The van der Waals surface area contributed by atoms with Gasteiger partial charge in [0.25, 0.3) is 0 Å². The van der Waals surface area contributed by atoms with Gasteiger partial charge in [-0.2, -0.15) is 0 Å². The van der Waals surface area contributed by atoms with Crippen LogP contribution in [0.3, 0.4) is 0 Å². The first-order chi connectivity index (χ1) is 28.7. The molecule has 0 spiro atoms. The number of nitrogens with two attached hydrogens (primary N) is 1. The van der Waals surface area contributed by atoms with E-state index in [1.54, 1.807) is 0 Å². The molecule has 0 aliphatic rings. The van der Waals surface area contributed by atoms with E-state index in [2.05, 4.69) is 133 Å². The Labute approximate surface area is 334 Å². The Kier molecular flexibility index (Phi) is 7.97. The normalized spacial score (nSPS) is 12.5. The number of aliphatic imine (C=N–C) groups is 2. The van der Waals surface area contributed by atoms with Gasteiger partial charge in [0.1, 0.15) is 28.2 Å². The zero-order valence-corrected chi connectivity index (χ0v) is 31.4. The first kappa shape index (κ1) is 33.6. The van der Waals surface area contributed by atoms with E-state index < -0.39 is 0 Å². The highest BCUT2D eigenvalue weighted by Gasteiger charge is 2.19. The summed E-state index contributed by atoms with van der Waals surface area (Å²) in [6, 6.07) is 64.8. The van der Waals surface area contributed by atoms with Gasteiger partial charge in [0.15, 0.2) is 5.84 Å². The number of hydrogen-bond donors (Lipinski definition) is 1. The molecule has 11 rings (SSSR count). The fraction of sp³-hybridized carbons (Fsp3) is 0.0189. The molecule has 0 radical (unpaired) electrons. The van der Waals surface area contributed by atoms with E-state index in [9.17, 15) is 0 Å². The number of rotatable bonds is 6. The van der Waals surface area contributed by atoms with E-state index in [1.807, 2.05) is 54.6 Å². The van der Waals surface area contributed by atoms with Crippen molar-refractivity contribution in [2.45, 2.75) is 6.54 Å². The summed E-state index contributed by atoms with van der Waals surface area (Å²) in [5, 5.41) is 8.71. The zero-order chi connectivity index (χ0) is 38.6. The number of amidine groups is 2. The molecule has 0 amide bonds. The van der Waals surface area contributed by atoms with Crippen molar-refractivity contribution in [3.8, 4) is 22.3 Å². The van der Waals surface area contributed by atoms with E-state index in [-0.39, 0.29) is 0 Å². The highest BCUT2D eigenvalue weighted by atomic mass is 16.3. The van der Waals surface area contributed by atoms with E-state index in [4.69, 9.17) is 24.6 Å². The third-order valence-corrected chi connectivity index (χ3v) is 11.2. The van der Waals surface area contributed by atoms with E-state index in [1.165, 1.54) is 10.8 Å². The smallest absolute Gasteiger partial charge is 0.161 e. The molecule has 9 aromatic carbocycles. The second-order valence-corrected chi connectivity index (χ2v) is 14.7. The van der Waals surface area contributed by atoms with Crippen LogP contribution in [0.4, 0.5) is 0 Å². The van der Waals surface area contributed by atoms with Gasteiger partial charge < -0.3 is 14.6 Å². The lowest BCUT2D eigenvalue weighted by Gasteiger charge is -2.13. The average Bonchev–Trinajstić information content (AvgIpc) is 3.86. The molecule has 0 aliphatic carbocycles. The Morgan fingerprint density at radius 1 is 0.448 bits per heavy atom. The van der Waals surface area contributed by atoms with Crippen molar-refractivity contribution in [3.05, 3.63) is 205 Å². The summed E-state index contributed by atoms with van der Waals surface area (Å²) >= 11 is 0. The van der Waals surface area contributed by atoms with Crippen LogP contribution in [0, 0.1) is 0 Å². The molecule has 0 aliphatic heterocycles. The molecule has 0 fully saturated rings. The number of furan rings is 2. The van der Waals surface area contributed by atoms with Gasteiger partial charge in [-0.3, -0.25) is 4.99 Å². The molecular weight excluding hydrogens is 711 g/mol. The van der Waals surface area contributed by atoms with Crippen molar-refractivity contribution in [1.82, 2.24) is 0 Å². The van der Waals surface area contributed by atoms with E-state index in [0.717, 1.165) is 93.6 Å². The van der Waals surface area contributed by atoms with E-state index in [0.29, 0.717) is 18.2 Å². The van der Waals surface area contributed by atoms with Crippen molar-refractivity contribution in [3.63, 3.8) is 0 Å². The molecule has 5 heteroatoms. The number of hydrogen-bond acceptors (Lipinski definition) is 3. The van der Waals surface area contributed by atoms with Gasteiger partial charge in [-0.1, -0.05) is 152 Å². The molecule has 2 aromatic heterocycles. The molecule has 0 saturated heterocycles. The highest BCUT2D eigenvalue weighted by Crippen LogP contribution is 2.41. The lowest BCUT2D eigenvalue weighted by molar-refractivity contribution is 0.668. The molecule has 274 valence electrons. The Morgan fingerprint density at radius 3 is 2.05 bits per heavy atom. The maximum Gasteiger partial charge on any atom is 0.161 e. The molecule has 5 nitrogen and oxygen atoms in total. The van der Waals surface area contributed by atoms with Crippen molar-refractivity contribution in [2.24, 2.45) is 15.7 Å². The summed E-state index contributed by atoms with van der Waals surface area (Å²) < 4.78 is 13.0. The first-order valence-electron chi connectivity index (χ1n) is 19.5. The third-order valence-electron chi connectivity index (χ3n) is 11.2.